The number of benzene rings is 1. The maximum absolute atomic E-state index is 13.2. The third-order valence-electron chi connectivity index (χ3n) is 4.71. The maximum atomic E-state index is 13.2. The molecule has 0 N–H and O–H groups in total. The van der Waals surface area contributed by atoms with Gasteiger partial charge in [0.2, 0.25) is 5.91 Å². The van der Waals surface area contributed by atoms with Crippen LogP contribution in [0.4, 0.5) is 5.69 Å². The molecular formula is C18H21NO2S3. The summed E-state index contributed by atoms with van der Waals surface area (Å²) in [4.78, 5) is 16.3. The lowest BCUT2D eigenvalue weighted by atomic mass is 9.86. The normalized spacial score (nSPS) is 16.3. The molecule has 0 bridgehead atoms. The summed E-state index contributed by atoms with van der Waals surface area (Å²) >= 11 is 5.59. The van der Waals surface area contributed by atoms with Gasteiger partial charge in [0.1, 0.15) is 9.57 Å². The highest BCUT2D eigenvalue weighted by Gasteiger charge is 2.43. The fourth-order valence-electron chi connectivity index (χ4n) is 3.12. The number of ether oxygens (including phenoxy) is 1. The lowest BCUT2D eigenvalue weighted by molar-refractivity contribution is -0.123. The fraction of sp³-hybridized carbons (Fsp3) is 0.444. The van der Waals surface area contributed by atoms with Crippen molar-refractivity contribution in [1.29, 1.82) is 0 Å². The van der Waals surface area contributed by atoms with Gasteiger partial charge in [-0.3, -0.25) is 4.79 Å². The molecule has 0 saturated carbocycles. The molecule has 6 heteroatoms. The van der Waals surface area contributed by atoms with E-state index in [2.05, 4.69) is 20.8 Å². The molecule has 0 spiro atoms. The van der Waals surface area contributed by atoms with E-state index in [-0.39, 0.29) is 11.8 Å². The first-order chi connectivity index (χ1) is 11.3. The number of nitrogens with zero attached hydrogens (tertiary/aromatic N) is 1. The highest BCUT2D eigenvalue weighted by atomic mass is 32.9. The number of carbonyl (C=O) groups excluding carboxylic acids is 1. The lowest BCUT2D eigenvalue weighted by Crippen LogP contribution is -2.49. The first-order valence-electron chi connectivity index (χ1n) is 7.99. The van der Waals surface area contributed by atoms with Crippen LogP contribution in [0.3, 0.4) is 0 Å². The van der Waals surface area contributed by atoms with E-state index >= 15 is 0 Å². The van der Waals surface area contributed by atoms with Crippen LogP contribution in [0, 0.1) is 9.74 Å². The van der Waals surface area contributed by atoms with Gasteiger partial charge in [0.25, 0.3) is 0 Å². The largest absolute Gasteiger partial charge is 0.497 e. The Labute approximate surface area is 155 Å². The van der Waals surface area contributed by atoms with Crippen molar-refractivity contribution >= 4 is 44.5 Å². The Kier molecular flexibility index (Phi) is 4.57. The van der Waals surface area contributed by atoms with E-state index in [0.29, 0.717) is 0 Å². The molecule has 2 aromatic rings. The summed E-state index contributed by atoms with van der Waals surface area (Å²) in [6.45, 7) is 8.26. The molecule has 0 fully saturated rings. The molecule has 3 rings (SSSR count). The van der Waals surface area contributed by atoms with Crippen molar-refractivity contribution in [3.63, 3.8) is 0 Å². The summed E-state index contributed by atoms with van der Waals surface area (Å²) in [6.07, 6.45) is 0.823. The SMILES string of the molecule is CC[C@H](C)C(=O)N1c2ccc(OC)cc2-c2c(ssc2=S)C1(C)C. The molecule has 24 heavy (non-hydrogen) atoms. The summed E-state index contributed by atoms with van der Waals surface area (Å²) in [5.74, 6) is 0.914. The van der Waals surface area contributed by atoms with Crippen LogP contribution in [0.1, 0.15) is 39.0 Å². The third-order valence-corrected chi connectivity index (χ3v) is 8.04. The van der Waals surface area contributed by atoms with Crippen LogP contribution in [0.5, 0.6) is 5.75 Å². The zero-order chi connectivity index (χ0) is 17.6. The Morgan fingerprint density at radius 1 is 1.38 bits per heavy atom. The highest BCUT2D eigenvalue weighted by molar-refractivity contribution is 7.80. The zero-order valence-electron chi connectivity index (χ0n) is 14.5. The van der Waals surface area contributed by atoms with Crippen LogP contribution in [0.2, 0.25) is 0 Å². The molecule has 3 nitrogen and oxygen atoms in total. The smallest absolute Gasteiger partial charge is 0.230 e. The van der Waals surface area contributed by atoms with Gasteiger partial charge in [0.15, 0.2) is 0 Å². The average Bonchev–Trinajstić information content (AvgIpc) is 2.96. The Morgan fingerprint density at radius 2 is 2.08 bits per heavy atom. The van der Waals surface area contributed by atoms with Crippen LogP contribution in [-0.2, 0) is 10.3 Å². The molecule has 1 aliphatic rings. The number of anilines is 1. The second-order valence-electron chi connectivity index (χ2n) is 6.58. The van der Waals surface area contributed by atoms with Crippen molar-refractivity contribution in [2.24, 2.45) is 5.92 Å². The second-order valence-corrected chi connectivity index (χ2v) is 9.40. The van der Waals surface area contributed by atoms with Gasteiger partial charge in [-0.15, -0.1) is 0 Å². The van der Waals surface area contributed by atoms with Gasteiger partial charge in [0, 0.05) is 17.0 Å². The van der Waals surface area contributed by atoms with Crippen LogP contribution in [-0.4, -0.2) is 13.0 Å². The average molecular weight is 380 g/mol. The summed E-state index contributed by atoms with van der Waals surface area (Å²) in [5, 5.41) is 0. The summed E-state index contributed by atoms with van der Waals surface area (Å²) in [6, 6.07) is 5.89. The quantitative estimate of drug-likeness (QED) is 0.495. The van der Waals surface area contributed by atoms with E-state index in [0.717, 1.165) is 37.7 Å². The van der Waals surface area contributed by atoms with Crippen molar-refractivity contribution in [3.05, 3.63) is 26.9 Å². The first-order valence-corrected chi connectivity index (χ1v) is 10.5. The minimum Gasteiger partial charge on any atom is -0.497 e. The number of carbonyl (C=O) groups is 1. The molecule has 2 heterocycles. The number of methoxy groups -OCH3 is 1. The predicted octanol–water partition coefficient (Wildman–Crippen LogP) is 5.84. The minimum atomic E-state index is -0.407. The monoisotopic (exact) mass is 379 g/mol. The van der Waals surface area contributed by atoms with Crippen molar-refractivity contribution in [2.75, 3.05) is 12.0 Å². The molecule has 1 aliphatic heterocycles. The molecule has 0 aliphatic carbocycles. The van der Waals surface area contributed by atoms with Crippen LogP contribution in [0.15, 0.2) is 18.2 Å². The molecule has 1 atom stereocenters. The van der Waals surface area contributed by atoms with Gasteiger partial charge in [-0.05, 0) is 38.5 Å². The van der Waals surface area contributed by atoms with Gasteiger partial charge >= 0.3 is 0 Å². The number of hydrogen-bond donors (Lipinski definition) is 0. The Hall–Kier alpha value is -1.24. The van der Waals surface area contributed by atoms with E-state index in [1.165, 1.54) is 0 Å². The molecule has 128 valence electrons. The third kappa shape index (κ3) is 2.52. The molecule has 0 radical (unpaired) electrons. The van der Waals surface area contributed by atoms with Crippen LogP contribution in [0.25, 0.3) is 11.1 Å². The van der Waals surface area contributed by atoms with Gasteiger partial charge in [0.05, 0.1) is 23.2 Å². The summed E-state index contributed by atoms with van der Waals surface area (Å²) < 4.78 is 6.28. The van der Waals surface area contributed by atoms with E-state index in [1.54, 1.807) is 27.8 Å². The van der Waals surface area contributed by atoms with Crippen molar-refractivity contribution in [2.45, 2.75) is 39.7 Å². The van der Waals surface area contributed by atoms with E-state index < -0.39 is 5.54 Å². The lowest BCUT2D eigenvalue weighted by Gasteiger charge is -2.44. The van der Waals surface area contributed by atoms with E-state index in [4.69, 9.17) is 17.0 Å². The van der Waals surface area contributed by atoms with E-state index in [1.807, 2.05) is 30.0 Å². The first kappa shape index (κ1) is 17.6. The standard InChI is InChI=1S/C18H21NO2S3/c1-6-10(2)16(20)19-13-8-7-11(21-5)9-12(13)14-15(18(19,3)4)23-24-17(14)22/h7-10H,6H2,1-5H3/t10-/m0/s1. The summed E-state index contributed by atoms with van der Waals surface area (Å²) in [7, 11) is 4.94. The zero-order valence-corrected chi connectivity index (χ0v) is 17.0. The van der Waals surface area contributed by atoms with Crippen molar-refractivity contribution < 1.29 is 9.53 Å². The maximum Gasteiger partial charge on any atom is 0.230 e. The second kappa shape index (κ2) is 6.24. The van der Waals surface area contributed by atoms with Crippen LogP contribution >= 0.6 is 32.9 Å². The number of fused-ring (bicyclic) bond motifs is 3. The molecule has 1 amide bonds. The highest BCUT2D eigenvalue weighted by Crippen LogP contribution is 2.53. The number of rotatable bonds is 3. The summed E-state index contributed by atoms with van der Waals surface area (Å²) in [5.41, 5.74) is 2.61. The Balaban J connectivity index is 2.31. The van der Waals surface area contributed by atoms with Gasteiger partial charge in [-0.2, -0.15) is 0 Å². The molecule has 0 unspecified atom stereocenters. The van der Waals surface area contributed by atoms with E-state index in [9.17, 15) is 4.79 Å². The molecule has 0 saturated heterocycles. The minimum absolute atomic E-state index is 0.0209. The fourth-order valence-corrected chi connectivity index (χ4v) is 6.41. The van der Waals surface area contributed by atoms with Crippen molar-refractivity contribution in [1.82, 2.24) is 0 Å². The Morgan fingerprint density at radius 3 is 2.71 bits per heavy atom. The van der Waals surface area contributed by atoms with Crippen molar-refractivity contribution in [3.8, 4) is 16.9 Å². The topological polar surface area (TPSA) is 29.5 Å². The number of hydrogen-bond acceptors (Lipinski definition) is 5. The van der Waals surface area contributed by atoms with Gasteiger partial charge in [-0.1, -0.05) is 46.7 Å². The molecular weight excluding hydrogens is 358 g/mol. The number of amides is 1. The molecule has 1 aromatic heterocycles. The predicted molar refractivity (Wildman–Crippen MR) is 105 cm³/mol. The van der Waals surface area contributed by atoms with Gasteiger partial charge in [-0.25, -0.2) is 0 Å². The Bertz CT molecular complexity index is 850. The van der Waals surface area contributed by atoms with Crippen LogP contribution < -0.4 is 9.64 Å². The van der Waals surface area contributed by atoms with Gasteiger partial charge < -0.3 is 9.64 Å². The molecule has 1 aromatic carbocycles.